The molecule has 0 aliphatic rings. The predicted molar refractivity (Wildman–Crippen MR) is 82.5 cm³/mol. The molecule has 1 heterocycles. The van der Waals surface area contributed by atoms with Gasteiger partial charge in [-0.2, -0.15) is 0 Å². The van der Waals surface area contributed by atoms with E-state index in [1.807, 2.05) is 18.2 Å². The molecule has 4 nitrogen and oxygen atoms in total. The SMILES string of the molecule is CC(C)CC(CN)Cc1nc2ccccc2n1CCO. The summed E-state index contributed by atoms with van der Waals surface area (Å²) in [5, 5.41) is 9.29. The third-order valence-corrected chi connectivity index (χ3v) is 3.67. The van der Waals surface area contributed by atoms with Crippen LogP contribution >= 0.6 is 0 Å². The highest BCUT2D eigenvalue weighted by molar-refractivity contribution is 5.75. The van der Waals surface area contributed by atoms with Gasteiger partial charge in [0.05, 0.1) is 17.6 Å². The van der Waals surface area contributed by atoms with Crippen LogP contribution in [-0.4, -0.2) is 27.8 Å². The van der Waals surface area contributed by atoms with Gasteiger partial charge in [0.15, 0.2) is 0 Å². The molecule has 0 saturated heterocycles. The lowest BCUT2D eigenvalue weighted by molar-refractivity contribution is 0.274. The summed E-state index contributed by atoms with van der Waals surface area (Å²) in [5.41, 5.74) is 7.99. The van der Waals surface area contributed by atoms with E-state index in [0.29, 0.717) is 24.9 Å². The Balaban J connectivity index is 2.29. The molecule has 0 aliphatic heterocycles. The molecule has 2 rings (SSSR count). The molecule has 0 radical (unpaired) electrons. The lowest BCUT2D eigenvalue weighted by Crippen LogP contribution is -2.21. The van der Waals surface area contributed by atoms with E-state index in [9.17, 15) is 5.11 Å². The Bertz CT molecular complexity index is 548. The van der Waals surface area contributed by atoms with Crippen LogP contribution in [0.2, 0.25) is 0 Å². The quantitative estimate of drug-likeness (QED) is 0.814. The molecule has 1 aromatic heterocycles. The monoisotopic (exact) mass is 275 g/mol. The molecule has 3 N–H and O–H groups in total. The second-order valence-electron chi connectivity index (χ2n) is 5.83. The topological polar surface area (TPSA) is 64.1 Å². The van der Waals surface area contributed by atoms with Crippen LogP contribution in [0.1, 0.15) is 26.1 Å². The smallest absolute Gasteiger partial charge is 0.110 e. The number of benzene rings is 1. The van der Waals surface area contributed by atoms with E-state index in [1.165, 1.54) is 0 Å². The van der Waals surface area contributed by atoms with Crippen LogP contribution < -0.4 is 5.73 Å². The molecule has 20 heavy (non-hydrogen) atoms. The summed E-state index contributed by atoms with van der Waals surface area (Å²) < 4.78 is 2.12. The molecule has 0 bridgehead atoms. The minimum absolute atomic E-state index is 0.130. The fraction of sp³-hybridized carbons (Fsp3) is 0.562. The minimum atomic E-state index is 0.130. The molecule has 1 aromatic carbocycles. The number of imidazole rings is 1. The van der Waals surface area contributed by atoms with Gasteiger partial charge in [-0.1, -0.05) is 26.0 Å². The van der Waals surface area contributed by atoms with E-state index < -0.39 is 0 Å². The Morgan fingerprint density at radius 2 is 2.05 bits per heavy atom. The first-order chi connectivity index (χ1) is 9.65. The lowest BCUT2D eigenvalue weighted by Gasteiger charge is -2.17. The molecule has 0 saturated carbocycles. The molecule has 4 heteroatoms. The third-order valence-electron chi connectivity index (χ3n) is 3.67. The summed E-state index contributed by atoms with van der Waals surface area (Å²) in [4.78, 5) is 4.72. The average molecular weight is 275 g/mol. The number of aliphatic hydroxyl groups is 1. The van der Waals surface area contributed by atoms with Crippen molar-refractivity contribution >= 4 is 11.0 Å². The van der Waals surface area contributed by atoms with Crippen LogP contribution in [0.25, 0.3) is 11.0 Å². The van der Waals surface area contributed by atoms with Crippen molar-refractivity contribution in [3.05, 3.63) is 30.1 Å². The molecular formula is C16H25N3O. The first kappa shape index (κ1) is 15.0. The average Bonchev–Trinajstić information content (AvgIpc) is 2.76. The molecule has 1 unspecified atom stereocenters. The van der Waals surface area contributed by atoms with Gasteiger partial charge >= 0.3 is 0 Å². The molecule has 2 aromatic rings. The number of aromatic nitrogens is 2. The van der Waals surface area contributed by atoms with Crippen molar-refractivity contribution < 1.29 is 5.11 Å². The number of hydrogen-bond acceptors (Lipinski definition) is 3. The number of fused-ring (bicyclic) bond motifs is 1. The van der Waals surface area contributed by atoms with E-state index in [2.05, 4.69) is 24.5 Å². The normalized spacial score (nSPS) is 13.2. The van der Waals surface area contributed by atoms with E-state index in [4.69, 9.17) is 10.7 Å². The van der Waals surface area contributed by atoms with E-state index in [1.54, 1.807) is 0 Å². The zero-order valence-corrected chi connectivity index (χ0v) is 12.4. The number of rotatable bonds is 7. The van der Waals surface area contributed by atoms with Gasteiger partial charge < -0.3 is 15.4 Å². The lowest BCUT2D eigenvalue weighted by atomic mass is 9.94. The Hall–Kier alpha value is -1.39. The number of aliphatic hydroxyl groups excluding tert-OH is 1. The summed E-state index contributed by atoms with van der Waals surface area (Å²) in [6.07, 6.45) is 1.99. The van der Waals surface area contributed by atoms with Crippen LogP contribution in [-0.2, 0) is 13.0 Å². The van der Waals surface area contributed by atoms with Gasteiger partial charge in [0, 0.05) is 13.0 Å². The summed E-state index contributed by atoms with van der Waals surface area (Å²) in [7, 11) is 0. The minimum Gasteiger partial charge on any atom is -0.395 e. The number of nitrogens with zero attached hydrogens (tertiary/aromatic N) is 2. The Kier molecular flexibility index (Phi) is 5.15. The third kappa shape index (κ3) is 3.38. The first-order valence-electron chi connectivity index (χ1n) is 7.40. The van der Waals surface area contributed by atoms with Crippen molar-refractivity contribution in [3.8, 4) is 0 Å². The second kappa shape index (κ2) is 6.86. The van der Waals surface area contributed by atoms with Crippen molar-refractivity contribution in [2.75, 3.05) is 13.2 Å². The van der Waals surface area contributed by atoms with E-state index in [0.717, 1.165) is 29.7 Å². The number of nitrogens with two attached hydrogens (primary N) is 1. The van der Waals surface area contributed by atoms with E-state index in [-0.39, 0.29) is 6.61 Å². The fourth-order valence-corrected chi connectivity index (χ4v) is 2.82. The Labute approximate surface area is 120 Å². The van der Waals surface area contributed by atoms with Gasteiger partial charge in [-0.3, -0.25) is 0 Å². The van der Waals surface area contributed by atoms with Crippen LogP contribution in [0, 0.1) is 11.8 Å². The molecule has 0 amide bonds. The molecule has 0 spiro atoms. The first-order valence-corrected chi connectivity index (χ1v) is 7.40. The van der Waals surface area contributed by atoms with Crippen molar-refractivity contribution in [1.29, 1.82) is 0 Å². The molecule has 110 valence electrons. The molecular weight excluding hydrogens is 250 g/mol. The maximum atomic E-state index is 9.29. The van der Waals surface area contributed by atoms with Crippen molar-refractivity contribution in [3.63, 3.8) is 0 Å². The Morgan fingerprint density at radius 3 is 2.70 bits per heavy atom. The van der Waals surface area contributed by atoms with Gasteiger partial charge in [0.2, 0.25) is 0 Å². The van der Waals surface area contributed by atoms with Crippen molar-refractivity contribution in [2.45, 2.75) is 33.2 Å². The number of para-hydroxylation sites is 2. The number of hydrogen-bond donors (Lipinski definition) is 2. The highest BCUT2D eigenvalue weighted by atomic mass is 16.3. The molecule has 0 aliphatic carbocycles. The van der Waals surface area contributed by atoms with Crippen LogP contribution in [0.3, 0.4) is 0 Å². The van der Waals surface area contributed by atoms with Crippen molar-refractivity contribution in [2.24, 2.45) is 17.6 Å². The van der Waals surface area contributed by atoms with Gasteiger partial charge in [-0.15, -0.1) is 0 Å². The zero-order valence-electron chi connectivity index (χ0n) is 12.4. The van der Waals surface area contributed by atoms with Gasteiger partial charge in [-0.25, -0.2) is 4.98 Å². The van der Waals surface area contributed by atoms with Crippen LogP contribution in [0.4, 0.5) is 0 Å². The summed E-state index contributed by atoms with van der Waals surface area (Å²) in [6, 6.07) is 8.08. The maximum absolute atomic E-state index is 9.29. The van der Waals surface area contributed by atoms with Gasteiger partial charge in [0.1, 0.15) is 5.82 Å². The zero-order chi connectivity index (χ0) is 14.5. The summed E-state index contributed by atoms with van der Waals surface area (Å²) >= 11 is 0. The second-order valence-corrected chi connectivity index (χ2v) is 5.83. The summed E-state index contributed by atoms with van der Waals surface area (Å²) in [6.45, 7) is 5.85. The van der Waals surface area contributed by atoms with E-state index >= 15 is 0 Å². The Morgan fingerprint density at radius 1 is 1.30 bits per heavy atom. The summed E-state index contributed by atoms with van der Waals surface area (Å²) in [5.74, 6) is 2.12. The van der Waals surface area contributed by atoms with Crippen LogP contribution in [0.15, 0.2) is 24.3 Å². The largest absolute Gasteiger partial charge is 0.395 e. The molecule has 0 fully saturated rings. The highest BCUT2D eigenvalue weighted by Gasteiger charge is 2.16. The van der Waals surface area contributed by atoms with Gasteiger partial charge in [0.25, 0.3) is 0 Å². The van der Waals surface area contributed by atoms with Gasteiger partial charge in [-0.05, 0) is 36.9 Å². The van der Waals surface area contributed by atoms with Crippen molar-refractivity contribution in [1.82, 2.24) is 9.55 Å². The predicted octanol–water partition coefficient (Wildman–Crippen LogP) is 2.19. The van der Waals surface area contributed by atoms with Crippen LogP contribution in [0.5, 0.6) is 0 Å². The maximum Gasteiger partial charge on any atom is 0.110 e. The molecule has 1 atom stereocenters. The standard InChI is InChI=1S/C16H25N3O/c1-12(2)9-13(11-17)10-16-18-14-5-3-4-6-15(14)19(16)7-8-20/h3-6,12-13,20H,7-11,17H2,1-2H3. The highest BCUT2D eigenvalue weighted by Crippen LogP contribution is 2.21. The fourth-order valence-electron chi connectivity index (χ4n) is 2.82.